The van der Waals surface area contributed by atoms with Gasteiger partial charge in [0, 0.05) is 17.9 Å². The normalized spacial score (nSPS) is 12.9. The van der Waals surface area contributed by atoms with Crippen molar-refractivity contribution in [2.75, 3.05) is 19.8 Å². The number of amides is 1. The van der Waals surface area contributed by atoms with Crippen molar-refractivity contribution < 1.29 is 28.9 Å². The minimum absolute atomic E-state index is 0.0236. The van der Waals surface area contributed by atoms with E-state index in [1.54, 1.807) is 18.2 Å². The van der Waals surface area contributed by atoms with E-state index in [0.29, 0.717) is 30.3 Å². The fourth-order valence-electron chi connectivity index (χ4n) is 4.47. The molecule has 0 aromatic heterocycles. The molecule has 3 aromatic rings. The van der Waals surface area contributed by atoms with Crippen molar-refractivity contribution in [1.29, 1.82) is 0 Å². The summed E-state index contributed by atoms with van der Waals surface area (Å²) in [5, 5.41) is 12.3. The number of aliphatic carboxylic acids is 1. The van der Waals surface area contributed by atoms with Gasteiger partial charge in [0.05, 0.1) is 13.2 Å². The highest BCUT2D eigenvalue weighted by molar-refractivity contribution is 5.81. The first-order valence-corrected chi connectivity index (χ1v) is 11.7. The van der Waals surface area contributed by atoms with Gasteiger partial charge in [0.2, 0.25) is 0 Å². The Balaban J connectivity index is 1.45. The van der Waals surface area contributed by atoms with Gasteiger partial charge in [0.25, 0.3) is 0 Å². The van der Waals surface area contributed by atoms with Gasteiger partial charge < -0.3 is 24.6 Å². The van der Waals surface area contributed by atoms with E-state index >= 15 is 0 Å². The van der Waals surface area contributed by atoms with Crippen molar-refractivity contribution in [3.8, 4) is 22.6 Å². The molecule has 1 atom stereocenters. The van der Waals surface area contributed by atoms with E-state index in [2.05, 4.69) is 17.4 Å². The van der Waals surface area contributed by atoms with Crippen LogP contribution in [0.1, 0.15) is 36.5 Å². The molecule has 0 bridgehead atoms. The maximum Gasteiger partial charge on any atom is 0.407 e. The molecule has 0 saturated heterocycles. The molecule has 0 aliphatic heterocycles. The molecule has 2 N–H and O–H groups in total. The van der Waals surface area contributed by atoms with E-state index < -0.39 is 18.1 Å². The molecule has 1 aliphatic carbocycles. The van der Waals surface area contributed by atoms with Gasteiger partial charge >= 0.3 is 12.1 Å². The average Bonchev–Trinajstić information content (AvgIpc) is 3.18. The summed E-state index contributed by atoms with van der Waals surface area (Å²) in [6.45, 7) is 4.74. The van der Waals surface area contributed by atoms with Gasteiger partial charge in [0.15, 0.2) is 0 Å². The largest absolute Gasteiger partial charge is 0.494 e. The maximum absolute atomic E-state index is 12.7. The molecule has 7 nitrogen and oxygen atoms in total. The quantitative estimate of drug-likeness (QED) is 0.428. The molecular formula is C28H29NO6. The molecule has 182 valence electrons. The van der Waals surface area contributed by atoms with Crippen LogP contribution in [0.4, 0.5) is 4.79 Å². The number of ether oxygens (including phenoxy) is 3. The van der Waals surface area contributed by atoms with E-state index in [-0.39, 0.29) is 18.9 Å². The maximum atomic E-state index is 12.7. The first-order chi connectivity index (χ1) is 17.0. The third-order valence-corrected chi connectivity index (χ3v) is 6.00. The minimum atomic E-state index is -1.19. The summed E-state index contributed by atoms with van der Waals surface area (Å²) < 4.78 is 16.7. The van der Waals surface area contributed by atoms with Crippen LogP contribution >= 0.6 is 0 Å². The zero-order valence-electron chi connectivity index (χ0n) is 19.8. The average molecular weight is 476 g/mol. The Morgan fingerprint density at radius 2 is 1.54 bits per heavy atom. The Hall–Kier alpha value is -4.00. The highest BCUT2D eigenvalue weighted by Gasteiger charge is 2.30. The Morgan fingerprint density at radius 1 is 0.914 bits per heavy atom. The second-order valence-electron chi connectivity index (χ2n) is 8.20. The number of carboxylic acids is 1. The van der Waals surface area contributed by atoms with Gasteiger partial charge in [-0.2, -0.15) is 0 Å². The Labute approximate surface area is 204 Å². The number of carbonyl (C=O) groups excluding carboxylic acids is 1. The first kappa shape index (κ1) is 24.1. The fourth-order valence-corrected chi connectivity index (χ4v) is 4.47. The Kier molecular flexibility index (Phi) is 7.55. The number of hydrogen-bond donors (Lipinski definition) is 2. The summed E-state index contributed by atoms with van der Waals surface area (Å²) >= 11 is 0. The van der Waals surface area contributed by atoms with E-state index in [1.165, 1.54) is 0 Å². The predicted octanol–water partition coefficient (Wildman–Crippen LogP) is 5.02. The van der Waals surface area contributed by atoms with Gasteiger partial charge in [-0.05, 0) is 54.3 Å². The number of alkyl carbamates (subject to hydrolysis) is 1. The van der Waals surface area contributed by atoms with Crippen molar-refractivity contribution >= 4 is 12.1 Å². The number of nitrogens with one attached hydrogen (secondary N) is 1. The van der Waals surface area contributed by atoms with Crippen LogP contribution in [-0.2, 0) is 16.0 Å². The van der Waals surface area contributed by atoms with E-state index in [1.807, 2.05) is 50.2 Å². The third kappa shape index (κ3) is 5.40. The van der Waals surface area contributed by atoms with Crippen molar-refractivity contribution in [3.63, 3.8) is 0 Å². The highest BCUT2D eigenvalue weighted by atomic mass is 16.5. The molecule has 0 saturated carbocycles. The number of hydrogen-bond acceptors (Lipinski definition) is 5. The standard InChI is InChI=1S/C28H29NO6/c1-3-33-19-13-14-26(34-4-2)18(15-19)16-25(27(30)31)29-28(32)35-17-24-22-11-7-5-9-20(22)21-10-6-8-12-23(21)24/h5-15,24-25H,3-4,16-17H2,1-2H3,(H,29,32)(H,30,31). The van der Waals surface area contributed by atoms with E-state index in [9.17, 15) is 14.7 Å². The molecule has 35 heavy (non-hydrogen) atoms. The number of fused-ring (bicyclic) bond motifs is 3. The molecule has 0 radical (unpaired) electrons. The first-order valence-electron chi connectivity index (χ1n) is 11.7. The van der Waals surface area contributed by atoms with Crippen LogP contribution in [0, 0.1) is 0 Å². The van der Waals surface area contributed by atoms with Crippen LogP contribution in [0.25, 0.3) is 11.1 Å². The van der Waals surface area contributed by atoms with Crippen LogP contribution in [0.15, 0.2) is 66.7 Å². The lowest BCUT2D eigenvalue weighted by molar-refractivity contribution is -0.139. The molecule has 1 aliphatic rings. The molecule has 1 unspecified atom stereocenters. The van der Waals surface area contributed by atoms with Gasteiger partial charge in [-0.1, -0.05) is 48.5 Å². The smallest absolute Gasteiger partial charge is 0.407 e. The minimum Gasteiger partial charge on any atom is -0.494 e. The lowest BCUT2D eigenvalue weighted by Crippen LogP contribution is -2.43. The second kappa shape index (κ2) is 11.0. The van der Waals surface area contributed by atoms with Crippen LogP contribution < -0.4 is 14.8 Å². The number of carboxylic acid groups (broad SMARTS) is 1. The molecule has 4 rings (SSSR count). The molecule has 0 spiro atoms. The summed E-state index contributed by atoms with van der Waals surface area (Å²) in [5.41, 5.74) is 5.05. The van der Waals surface area contributed by atoms with Crippen molar-refractivity contribution in [2.24, 2.45) is 0 Å². The van der Waals surface area contributed by atoms with Crippen molar-refractivity contribution in [2.45, 2.75) is 32.2 Å². The van der Waals surface area contributed by atoms with Gasteiger partial charge in [-0.25, -0.2) is 9.59 Å². The second-order valence-corrected chi connectivity index (χ2v) is 8.20. The Bertz CT molecular complexity index is 1160. The zero-order valence-corrected chi connectivity index (χ0v) is 19.8. The summed E-state index contributed by atoms with van der Waals surface area (Å²) in [5.74, 6) is -0.112. The number of rotatable bonds is 10. The third-order valence-electron chi connectivity index (χ3n) is 6.00. The number of benzene rings is 3. The van der Waals surface area contributed by atoms with Crippen molar-refractivity contribution in [3.05, 3.63) is 83.4 Å². The lowest BCUT2D eigenvalue weighted by Gasteiger charge is -2.19. The van der Waals surface area contributed by atoms with Crippen LogP contribution in [0.5, 0.6) is 11.5 Å². The van der Waals surface area contributed by atoms with Gasteiger partial charge in [-0.3, -0.25) is 0 Å². The molecule has 1 amide bonds. The fraction of sp³-hybridized carbons (Fsp3) is 0.286. The van der Waals surface area contributed by atoms with Crippen LogP contribution in [0.2, 0.25) is 0 Å². The van der Waals surface area contributed by atoms with Crippen LogP contribution in [0.3, 0.4) is 0 Å². The zero-order chi connectivity index (χ0) is 24.8. The topological polar surface area (TPSA) is 94.1 Å². The lowest BCUT2D eigenvalue weighted by atomic mass is 9.98. The predicted molar refractivity (Wildman–Crippen MR) is 132 cm³/mol. The van der Waals surface area contributed by atoms with Crippen LogP contribution in [-0.4, -0.2) is 43.0 Å². The molecule has 3 aromatic carbocycles. The van der Waals surface area contributed by atoms with Gasteiger partial charge in [0.1, 0.15) is 24.1 Å². The van der Waals surface area contributed by atoms with E-state index in [0.717, 1.165) is 22.3 Å². The highest BCUT2D eigenvalue weighted by Crippen LogP contribution is 2.44. The summed E-state index contributed by atoms with van der Waals surface area (Å²) in [6, 6.07) is 20.1. The summed E-state index contributed by atoms with van der Waals surface area (Å²) in [7, 11) is 0. The molecule has 7 heteroatoms. The molecular weight excluding hydrogens is 446 g/mol. The SMILES string of the molecule is CCOc1ccc(OCC)c(CC(NC(=O)OCC2c3ccccc3-c3ccccc32)C(=O)O)c1. The van der Waals surface area contributed by atoms with Gasteiger partial charge in [-0.15, -0.1) is 0 Å². The summed E-state index contributed by atoms with van der Waals surface area (Å²) in [4.78, 5) is 24.6. The molecule has 0 heterocycles. The molecule has 0 fully saturated rings. The van der Waals surface area contributed by atoms with Crippen molar-refractivity contribution in [1.82, 2.24) is 5.32 Å². The van der Waals surface area contributed by atoms with E-state index in [4.69, 9.17) is 14.2 Å². The number of carbonyl (C=O) groups is 2. The summed E-state index contributed by atoms with van der Waals surface area (Å²) in [6.07, 6.45) is -0.756. The Morgan fingerprint density at radius 3 is 2.14 bits per heavy atom. The monoisotopic (exact) mass is 475 g/mol.